The average Bonchev–Trinajstić information content (AvgIpc) is 1.65. The Morgan fingerprint density at radius 3 is 1.60 bits per heavy atom. The summed E-state index contributed by atoms with van der Waals surface area (Å²) in [6.07, 6.45) is -0.236. The Morgan fingerprint density at radius 1 is 1.30 bits per heavy atom. The molecular weight excluding hydrogens is 128 g/mol. The number of hydrogen-bond acceptors (Lipinski definition) is 2. The molecule has 0 rings (SSSR count). The van der Waals surface area contributed by atoms with E-state index < -0.39 is 0 Å². The van der Waals surface area contributed by atoms with Gasteiger partial charge in [0, 0.05) is 7.11 Å². The molecule has 0 aromatic carbocycles. The van der Waals surface area contributed by atoms with Gasteiger partial charge in [-0.05, 0) is 13.8 Å². The third-order valence-corrected chi connectivity index (χ3v) is 0.926. The third kappa shape index (κ3) is 10.6. The second-order valence-corrected chi connectivity index (χ2v) is 1.49. The van der Waals surface area contributed by atoms with Crippen molar-refractivity contribution in [2.24, 2.45) is 0 Å². The maximum Gasteiger partial charge on any atom is 0.158 e. The number of carbonyl (C=O) groups excluding carboxylic acids is 1. The number of ketones is 1. The van der Waals surface area contributed by atoms with Gasteiger partial charge in [0.25, 0.3) is 0 Å². The molecule has 0 spiro atoms. The predicted octanol–water partition coefficient (Wildman–Crippen LogP) is 2.52. The van der Waals surface area contributed by atoms with E-state index in [1.807, 2.05) is 0 Å². The Morgan fingerprint density at radius 2 is 1.60 bits per heavy atom. The highest BCUT2D eigenvalue weighted by Gasteiger charge is 2.01. The van der Waals surface area contributed by atoms with Crippen molar-refractivity contribution in [1.29, 1.82) is 0 Å². The van der Waals surface area contributed by atoms with Gasteiger partial charge >= 0.3 is 0 Å². The molecule has 0 radical (unpaired) electrons. The highest BCUT2D eigenvalue weighted by Crippen LogP contribution is 1.85. The summed E-state index contributed by atoms with van der Waals surface area (Å²) in [4.78, 5) is 10.2. The minimum Gasteiger partial charge on any atom is -0.374 e. The molecule has 1 atom stereocenters. The van der Waals surface area contributed by atoms with E-state index >= 15 is 0 Å². The fourth-order valence-corrected chi connectivity index (χ4v) is 0.166. The molecular formula is C8H22O2. The van der Waals surface area contributed by atoms with E-state index in [0.29, 0.717) is 0 Å². The van der Waals surface area contributed by atoms with Gasteiger partial charge in [-0.3, -0.25) is 4.79 Å². The van der Waals surface area contributed by atoms with Crippen LogP contribution in [0.4, 0.5) is 0 Å². The Labute approximate surface area is 65.6 Å². The van der Waals surface area contributed by atoms with Crippen LogP contribution in [0, 0.1) is 0 Å². The second-order valence-electron chi connectivity index (χ2n) is 1.49. The molecule has 0 aromatic heterocycles. The van der Waals surface area contributed by atoms with E-state index in [1.165, 1.54) is 14.0 Å². The summed E-state index contributed by atoms with van der Waals surface area (Å²) in [6, 6.07) is 0. The lowest BCUT2D eigenvalue weighted by molar-refractivity contribution is -0.125. The topological polar surface area (TPSA) is 26.3 Å². The van der Waals surface area contributed by atoms with E-state index in [0.717, 1.165) is 0 Å². The molecule has 2 nitrogen and oxygen atoms in total. The Bertz CT molecular complexity index is 69.7. The average molecular weight is 150 g/mol. The molecule has 0 saturated carbocycles. The third-order valence-electron chi connectivity index (χ3n) is 0.926. The van der Waals surface area contributed by atoms with Crippen LogP contribution in [-0.4, -0.2) is 19.0 Å². The molecule has 66 valence electrons. The molecule has 0 saturated heterocycles. The minimum atomic E-state index is -0.236. The van der Waals surface area contributed by atoms with Crippen LogP contribution in [0.3, 0.4) is 0 Å². The largest absolute Gasteiger partial charge is 0.374 e. The van der Waals surface area contributed by atoms with E-state index in [1.54, 1.807) is 6.92 Å². The first kappa shape index (κ1) is 22.6. The van der Waals surface area contributed by atoms with Crippen LogP contribution in [0.2, 0.25) is 0 Å². The lowest BCUT2D eigenvalue weighted by Gasteiger charge is -2.00. The van der Waals surface area contributed by atoms with Crippen LogP contribution < -0.4 is 0 Å². The summed E-state index contributed by atoms with van der Waals surface area (Å²) >= 11 is 0. The molecule has 2 heteroatoms. The summed E-state index contributed by atoms with van der Waals surface area (Å²) in [7, 11) is 1.52. The lowest BCUT2D eigenvalue weighted by atomic mass is 10.3. The van der Waals surface area contributed by atoms with E-state index in [4.69, 9.17) is 0 Å². The zero-order valence-electron chi connectivity index (χ0n) is 4.89. The van der Waals surface area contributed by atoms with Crippen molar-refractivity contribution >= 4 is 5.78 Å². The highest BCUT2D eigenvalue weighted by molar-refractivity contribution is 5.79. The molecule has 0 bridgehead atoms. The van der Waals surface area contributed by atoms with Crippen LogP contribution >= 0.6 is 0 Å². The van der Waals surface area contributed by atoms with Crippen molar-refractivity contribution in [2.75, 3.05) is 7.11 Å². The minimum absolute atomic E-state index is 0. The first-order valence-corrected chi connectivity index (χ1v) is 2.21. The van der Waals surface area contributed by atoms with Crippen molar-refractivity contribution in [3.63, 3.8) is 0 Å². The number of methoxy groups -OCH3 is 1. The van der Waals surface area contributed by atoms with Gasteiger partial charge in [-0.1, -0.05) is 22.3 Å². The molecule has 0 amide bonds. The van der Waals surface area contributed by atoms with Crippen LogP contribution in [0.15, 0.2) is 0 Å². The van der Waals surface area contributed by atoms with E-state index in [2.05, 4.69) is 4.74 Å². The quantitative estimate of drug-likeness (QED) is 0.604. The van der Waals surface area contributed by atoms with Crippen molar-refractivity contribution in [1.82, 2.24) is 0 Å². The maximum atomic E-state index is 10.2. The zero-order chi connectivity index (χ0) is 5.86. The lowest BCUT2D eigenvalue weighted by Crippen LogP contribution is -2.14. The molecule has 0 aliphatic heterocycles. The fraction of sp³-hybridized carbons (Fsp3) is 0.875. The summed E-state index contributed by atoms with van der Waals surface area (Å²) in [5, 5.41) is 0. The predicted molar refractivity (Wildman–Crippen MR) is 47.3 cm³/mol. The van der Waals surface area contributed by atoms with Gasteiger partial charge in [0.05, 0.1) is 0 Å². The van der Waals surface area contributed by atoms with Gasteiger partial charge in [-0.25, -0.2) is 0 Å². The molecule has 0 heterocycles. The highest BCUT2D eigenvalue weighted by atomic mass is 16.5. The van der Waals surface area contributed by atoms with Gasteiger partial charge in [0.1, 0.15) is 6.10 Å². The van der Waals surface area contributed by atoms with Crippen LogP contribution in [-0.2, 0) is 9.53 Å². The Hall–Kier alpha value is -0.370. The molecule has 0 aromatic rings. The monoisotopic (exact) mass is 150 g/mol. The molecule has 0 fully saturated rings. The van der Waals surface area contributed by atoms with E-state index in [-0.39, 0.29) is 34.2 Å². The van der Waals surface area contributed by atoms with Gasteiger partial charge in [-0.2, -0.15) is 0 Å². The molecule has 0 aliphatic rings. The summed E-state index contributed by atoms with van der Waals surface area (Å²) in [5.74, 6) is 0.0718. The van der Waals surface area contributed by atoms with Crippen molar-refractivity contribution in [3.8, 4) is 0 Å². The molecule has 0 aliphatic carbocycles. The number of ether oxygens (including phenoxy) is 1. The second kappa shape index (κ2) is 11.4. The number of Topliss-reactive ketones (excluding diaryl/α,β-unsaturated/α-hetero) is 1. The Kier molecular flexibility index (Phi) is 25.9. The number of rotatable bonds is 2. The molecule has 0 N–H and O–H groups in total. The standard InChI is InChI=1S/C5H10O2.3CH4/c1-4(6)5(2)7-3;;;/h5H,1-3H3;3*1H4. The molecule has 10 heavy (non-hydrogen) atoms. The van der Waals surface area contributed by atoms with Crippen LogP contribution in [0.1, 0.15) is 36.1 Å². The molecule has 1 unspecified atom stereocenters. The van der Waals surface area contributed by atoms with Crippen molar-refractivity contribution < 1.29 is 9.53 Å². The van der Waals surface area contributed by atoms with Gasteiger partial charge < -0.3 is 4.74 Å². The normalized spacial score (nSPS) is 9.50. The van der Waals surface area contributed by atoms with Crippen molar-refractivity contribution in [2.45, 2.75) is 42.2 Å². The van der Waals surface area contributed by atoms with Gasteiger partial charge in [-0.15, -0.1) is 0 Å². The number of hydrogen-bond donors (Lipinski definition) is 0. The zero-order valence-corrected chi connectivity index (χ0v) is 4.89. The van der Waals surface area contributed by atoms with Crippen LogP contribution in [0.25, 0.3) is 0 Å². The number of carbonyl (C=O) groups is 1. The first-order chi connectivity index (χ1) is 3.18. The smallest absolute Gasteiger partial charge is 0.158 e. The van der Waals surface area contributed by atoms with Gasteiger partial charge in [0.2, 0.25) is 0 Å². The first-order valence-electron chi connectivity index (χ1n) is 2.21. The SMILES string of the molecule is C.C.C.COC(C)C(C)=O. The van der Waals surface area contributed by atoms with Crippen LogP contribution in [0.5, 0.6) is 0 Å². The summed E-state index contributed by atoms with van der Waals surface area (Å²) in [6.45, 7) is 3.23. The summed E-state index contributed by atoms with van der Waals surface area (Å²) in [5.41, 5.74) is 0. The fourth-order valence-electron chi connectivity index (χ4n) is 0.166. The van der Waals surface area contributed by atoms with E-state index in [9.17, 15) is 4.79 Å². The maximum absolute atomic E-state index is 10.2. The summed E-state index contributed by atoms with van der Waals surface area (Å²) < 4.78 is 4.66. The van der Waals surface area contributed by atoms with Gasteiger partial charge in [0.15, 0.2) is 5.78 Å². The van der Waals surface area contributed by atoms with Crippen molar-refractivity contribution in [3.05, 3.63) is 0 Å². The Balaban J connectivity index is -0.0000000600.